The van der Waals surface area contributed by atoms with E-state index in [1.807, 2.05) is 18.7 Å². The van der Waals surface area contributed by atoms with Crippen LogP contribution in [0.4, 0.5) is 4.79 Å². The number of carbonyl (C=O) groups excluding carboxylic acids is 1. The molecule has 1 heterocycles. The van der Waals surface area contributed by atoms with Crippen LogP contribution in [0.25, 0.3) is 0 Å². The first kappa shape index (κ1) is 22.1. The molecule has 1 saturated heterocycles. The third-order valence-electron chi connectivity index (χ3n) is 8.29. The summed E-state index contributed by atoms with van der Waals surface area (Å²) >= 11 is 0. The number of nitrogens with zero attached hydrogens (tertiary/aromatic N) is 4. The summed E-state index contributed by atoms with van der Waals surface area (Å²) < 4.78 is 0. The Morgan fingerprint density at radius 1 is 1.13 bits per heavy atom. The molecule has 0 aromatic heterocycles. The van der Waals surface area contributed by atoms with Crippen molar-refractivity contribution in [2.75, 3.05) is 33.7 Å². The molecular formula is C26H38N4O. The van der Waals surface area contributed by atoms with E-state index in [9.17, 15) is 10.1 Å². The van der Waals surface area contributed by atoms with Gasteiger partial charge in [0, 0.05) is 25.2 Å². The van der Waals surface area contributed by atoms with Crippen molar-refractivity contribution in [2.24, 2.45) is 11.3 Å². The highest BCUT2D eigenvalue weighted by Gasteiger charge is 2.55. The van der Waals surface area contributed by atoms with E-state index in [0.29, 0.717) is 12.5 Å². The number of nitriles is 1. The zero-order chi connectivity index (χ0) is 22.3. The molecule has 2 aliphatic carbocycles. The van der Waals surface area contributed by atoms with Crippen LogP contribution in [0.5, 0.6) is 0 Å². The predicted molar refractivity (Wildman–Crippen MR) is 123 cm³/mol. The van der Waals surface area contributed by atoms with Crippen LogP contribution in [0.3, 0.4) is 0 Å². The number of amides is 2. The van der Waals surface area contributed by atoms with E-state index >= 15 is 0 Å². The number of hydrogen-bond acceptors (Lipinski definition) is 3. The topological polar surface area (TPSA) is 50.6 Å². The summed E-state index contributed by atoms with van der Waals surface area (Å²) in [5, 5.41) is 9.55. The Balaban J connectivity index is 1.59. The number of benzene rings is 1. The van der Waals surface area contributed by atoms with Gasteiger partial charge in [-0.15, -0.1) is 0 Å². The minimum absolute atomic E-state index is 0.0248. The fourth-order valence-corrected chi connectivity index (χ4v) is 6.02. The fraction of sp³-hybridized carbons (Fsp3) is 0.692. The average molecular weight is 423 g/mol. The molecule has 4 rings (SSSR count). The van der Waals surface area contributed by atoms with Crippen LogP contribution in [-0.2, 0) is 5.54 Å². The van der Waals surface area contributed by atoms with Crippen molar-refractivity contribution in [2.45, 2.75) is 69.9 Å². The molecular weight excluding hydrogens is 384 g/mol. The number of carbonyl (C=O) groups is 1. The molecule has 0 N–H and O–H groups in total. The van der Waals surface area contributed by atoms with Crippen molar-refractivity contribution >= 4 is 6.03 Å². The van der Waals surface area contributed by atoms with Gasteiger partial charge in [0.25, 0.3) is 0 Å². The quantitative estimate of drug-likeness (QED) is 0.659. The largest absolute Gasteiger partial charge is 0.321 e. The van der Waals surface area contributed by atoms with Gasteiger partial charge in [0.1, 0.15) is 0 Å². The first-order valence-corrected chi connectivity index (χ1v) is 11.9. The van der Waals surface area contributed by atoms with Crippen LogP contribution in [-0.4, -0.2) is 60.0 Å². The maximum Gasteiger partial charge on any atom is 0.320 e. The van der Waals surface area contributed by atoms with Gasteiger partial charge in [-0.3, -0.25) is 4.90 Å². The molecule has 1 aromatic rings. The monoisotopic (exact) mass is 422 g/mol. The van der Waals surface area contributed by atoms with E-state index in [4.69, 9.17) is 0 Å². The lowest BCUT2D eigenvalue weighted by Crippen LogP contribution is -2.56. The highest BCUT2D eigenvalue weighted by molar-refractivity contribution is 5.78. The molecule has 5 heteroatoms. The Morgan fingerprint density at radius 2 is 1.77 bits per heavy atom. The Morgan fingerprint density at radius 3 is 2.29 bits per heavy atom. The molecule has 3 fully saturated rings. The Bertz CT molecular complexity index is 829. The highest BCUT2D eigenvalue weighted by atomic mass is 16.2. The highest BCUT2D eigenvalue weighted by Crippen LogP contribution is 2.49. The fourth-order valence-electron chi connectivity index (χ4n) is 6.02. The van der Waals surface area contributed by atoms with Crippen molar-refractivity contribution in [3.05, 3.63) is 35.9 Å². The third kappa shape index (κ3) is 3.96. The summed E-state index contributed by atoms with van der Waals surface area (Å²) in [4.78, 5) is 20.1. The van der Waals surface area contributed by atoms with Crippen LogP contribution in [0.2, 0.25) is 0 Å². The number of urea groups is 1. The SMILES string of the molecule is CN(C)[C@]1(c2ccccc2)CC[C@@]2(CC1)CN(CC(C)(C)C#N)C(=O)N2CC1CCC1. The first-order valence-electron chi connectivity index (χ1n) is 11.9. The Labute approximate surface area is 188 Å². The van der Waals surface area contributed by atoms with Gasteiger partial charge in [-0.05, 0) is 77.9 Å². The number of hydrogen-bond donors (Lipinski definition) is 0. The molecule has 2 amide bonds. The van der Waals surface area contributed by atoms with E-state index in [0.717, 1.165) is 38.8 Å². The van der Waals surface area contributed by atoms with Crippen molar-refractivity contribution < 1.29 is 4.79 Å². The molecule has 31 heavy (non-hydrogen) atoms. The Hall–Kier alpha value is -2.06. The summed E-state index contributed by atoms with van der Waals surface area (Å²) in [7, 11) is 4.39. The molecule has 1 spiro atoms. The summed E-state index contributed by atoms with van der Waals surface area (Å²) in [5.41, 5.74) is 0.797. The van der Waals surface area contributed by atoms with Crippen LogP contribution < -0.4 is 0 Å². The predicted octanol–water partition coefficient (Wildman–Crippen LogP) is 4.84. The van der Waals surface area contributed by atoms with Gasteiger partial charge in [0.15, 0.2) is 0 Å². The second-order valence-electron chi connectivity index (χ2n) is 11.1. The van der Waals surface area contributed by atoms with Crippen molar-refractivity contribution in [1.82, 2.24) is 14.7 Å². The zero-order valence-corrected chi connectivity index (χ0v) is 19.7. The van der Waals surface area contributed by atoms with E-state index in [-0.39, 0.29) is 17.1 Å². The summed E-state index contributed by atoms with van der Waals surface area (Å²) in [5.74, 6) is 0.652. The lowest BCUT2D eigenvalue weighted by atomic mass is 9.68. The maximum atomic E-state index is 13.5. The third-order valence-corrected chi connectivity index (χ3v) is 8.29. The second kappa shape index (κ2) is 8.13. The van der Waals surface area contributed by atoms with Gasteiger partial charge < -0.3 is 9.80 Å². The molecule has 1 aromatic carbocycles. The summed E-state index contributed by atoms with van der Waals surface area (Å²) in [6.07, 6.45) is 7.92. The van der Waals surface area contributed by atoms with Crippen LogP contribution in [0.1, 0.15) is 64.4 Å². The molecule has 0 bridgehead atoms. The summed E-state index contributed by atoms with van der Waals surface area (Å²) in [6.45, 7) is 6.05. The van der Waals surface area contributed by atoms with Crippen LogP contribution in [0.15, 0.2) is 30.3 Å². The van der Waals surface area contributed by atoms with Crippen molar-refractivity contribution in [3.63, 3.8) is 0 Å². The molecule has 1 aliphatic heterocycles. The lowest BCUT2D eigenvalue weighted by molar-refractivity contribution is 0.0158. The van der Waals surface area contributed by atoms with E-state index in [1.54, 1.807) is 0 Å². The van der Waals surface area contributed by atoms with Gasteiger partial charge in [-0.25, -0.2) is 4.79 Å². The molecule has 0 atom stereocenters. The van der Waals surface area contributed by atoms with Gasteiger partial charge in [-0.1, -0.05) is 36.8 Å². The van der Waals surface area contributed by atoms with E-state index in [2.05, 4.69) is 60.3 Å². The minimum atomic E-state index is -0.518. The molecule has 5 nitrogen and oxygen atoms in total. The van der Waals surface area contributed by atoms with E-state index < -0.39 is 5.41 Å². The van der Waals surface area contributed by atoms with Crippen molar-refractivity contribution in [1.29, 1.82) is 5.26 Å². The standard InChI is InChI=1S/C26H38N4O/c1-24(2,18-27)19-29-20-25(30(23(29)31)17-21-9-8-10-21)13-15-26(16-14-25,28(3)4)22-11-6-5-7-12-22/h5-7,11-12,21H,8-10,13-17,19-20H2,1-4H3/t25-,26-. The molecule has 3 aliphatic rings. The molecule has 0 unspecified atom stereocenters. The smallest absolute Gasteiger partial charge is 0.320 e. The minimum Gasteiger partial charge on any atom is -0.321 e. The van der Waals surface area contributed by atoms with Crippen LogP contribution >= 0.6 is 0 Å². The van der Waals surface area contributed by atoms with Gasteiger partial charge in [-0.2, -0.15) is 5.26 Å². The Kier molecular flexibility index (Phi) is 5.81. The average Bonchev–Trinajstić information content (AvgIpc) is 2.96. The maximum absolute atomic E-state index is 13.5. The normalized spacial score (nSPS) is 29.5. The van der Waals surface area contributed by atoms with Crippen molar-refractivity contribution in [3.8, 4) is 6.07 Å². The van der Waals surface area contributed by atoms with Gasteiger partial charge in [0.2, 0.25) is 0 Å². The van der Waals surface area contributed by atoms with Gasteiger partial charge >= 0.3 is 6.03 Å². The van der Waals surface area contributed by atoms with Gasteiger partial charge in [0.05, 0.1) is 17.0 Å². The first-order chi connectivity index (χ1) is 14.7. The summed E-state index contributed by atoms with van der Waals surface area (Å²) in [6, 6.07) is 13.4. The second-order valence-corrected chi connectivity index (χ2v) is 11.1. The lowest BCUT2D eigenvalue weighted by Gasteiger charge is -2.51. The molecule has 2 saturated carbocycles. The zero-order valence-electron chi connectivity index (χ0n) is 19.7. The van der Waals surface area contributed by atoms with E-state index in [1.165, 1.54) is 24.8 Å². The number of rotatable bonds is 6. The molecule has 168 valence electrons. The van der Waals surface area contributed by atoms with Crippen LogP contribution in [0, 0.1) is 22.7 Å². The molecule has 0 radical (unpaired) electrons.